The van der Waals surface area contributed by atoms with Crippen molar-refractivity contribution in [3.8, 4) is 0 Å². The van der Waals surface area contributed by atoms with Gasteiger partial charge in [0.1, 0.15) is 12.3 Å². The summed E-state index contributed by atoms with van der Waals surface area (Å²) in [6.07, 6.45) is 11.7. The Balaban J connectivity index is 2.28. The van der Waals surface area contributed by atoms with Crippen LogP contribution in [0, 0.1) is 0 Å². The molecule has 0 spiro atoms. The number of ketones is 1. The van der Waals surface area contributed by atoms with Crippen molar-refractivity contribution in [1.29, 1.82) is 0 Å². The fourth-order valence-corrected chi connectivity index (χ4v) is 1.68. The number of aliphatic hydroxyl groups is 1. The number of nitrogens with zero attached hydrogens (tertiary/aromatic N) is 1. The first-order chi connectivity index (χ1) is 7.33. The normalized spacial score (nSPS) is 22.9. The molecule has 76 valence electrons. The number of Topliss-reactive ketones (excluding diaryl/α,β-unsaturated/α-hetero) is 1. The monoisotopic (exact) mass is 201 g/mol. The highest BCUT2D eigenvalue weighted by Gasteiger charge is 2.27. The van der Waals surface area contributed by atoms with Crippen LogP contribution in [0.25, 0.3) is 0 Å². The van der Waals surface area contributed by atoms with Crippen LogP contribution in [0.2, 0.25) is 0 Å². The standard InChI is InChI=1S/C12H11NO2/c14-9-3-4-10-6-8-13-7-2-1-5-11(13)12(10)15/h1-2,4-7,9,11,14H,8H2. The van der Waals surface area contributed by atoms with Gasteiger partial charge in [-0.05, 0) is 12.2 Å². The summed E-state index contributed by atoms with van der Waals surface area (Å²) < 4.78 is 0. The maximum Gasteiger partial charge on any atom is 0.189 e. The highest BCUT2D eigenvalue weighted by atomic mass is 16.2. The molecule has 2 heterocycles. The Bertz CT molecular complexity index is 423. The average Bonchev–Trinajstić information content (AvgIpc) is 2.29. The molecule has 0 aromatic heterocycles. The van der Waals surface area contributed by atoms with Crippen LogP contribution in [0.3, 0.4) is 0 Å². The Morgan fingerprint density at radius 1 is 1.53 bits per heavy atom. The van der Waals surface area contributed by atoms with Gasteiger partial charge in [0, 0.05) is 18.3 Å². The molecule has 0 saturated heterocycles. The van der Waals surface area contributed by atoms with E-state index in [1.165, 1.54) is 6.08 Å². The zero-order valence-corrected chi connectivity index (χ0v) is 8.13. The maximum absolute atomic E-state index is 11.9. The molecule has 3 nitrogen and oxygen atoms in total. The second kappa shape index (κ2) is 4.03. The molecule has 1 unspecified atom stereocenters. The number of rotatable bonds is 1. The second-order valence-corrected chi connectivity index (χ2v) is 3.33. The van der Waals surface area contributed by atoms with E-state index >= 15 is 0 Å². The molecule has 0 fully saturated rings. The average molecular weight is 201 g/mol. The SMILES string of the molecule is O=C1C(C=C=CO)=CCN2C=CC=CC12. The highest BCUT2D eigenvalue weighted by molar-refractivity contribution is 6.04. The number of hydrogen-bond acceptors (Lipinski definition) is 3. The fourth-order valence-electron chi connectivity index (χ4n) is 1.68. The molecule has 2 aliphatic heterocycles. The minimum atomic E-state index is -0.202. The van der Waals surface area contributed by atoms with Gasteiger partial charge < -0.3 is 10.0 Å². The van der Waals surface area contributed by atoms with Gasteiger partial charge in [-0.25, -0.2) is 0 Å². The van der Waals surface area contributed by atoms with E-state index in [-0.39, 0.29) is 11.8 Å². The van der Waals surface area contributed by atoms with Crippen LogP contribution < -0.4 is 0 Å². The lowest BCUT2D eigenvalue weighted by Gasteiger charge is -2.31. The lowest BCUT2D eigenvalue weighted by atomic mass is 9.97. The first-order valence-corrected chi connectivity index (χ1v) is 4.73. The zero-order chi connectivity index (χ0) is 10.7. The van der Waals surface area contributed by atoms with Crippen LogP contribution >= 0.6 is 0 Å². The van der Waals surface area contributed by atoms with Crippen LogP contribution in [0.4, 0.5) is 0 Å². The molecule has 0 radical (unpaired) electrons. The van der Waals surface area contributed by atoms with Crippen molar-refractivity contribution in [3.05, 3.63) is 54.1 Å². The maximum atomic E-state index is 11.9. The van der Waals surface area contributed by atoms with Crippen molar-refractivity contribution in [2.45, 2.75) is 6.04 Å². The van der Waals surface area contributed by atoms with Crippen LogP contribution in [0.1, 0.15) is 0 Å². The molecular formula is C12H11NO2. The summed E-state index contributed by atoms with van der Waals surface area (Å²) in [7, 11) is 0. The van der Waals surface area contributed by atoms with Gasteiger partial charge in [0.15, 0.2) is 5.78 Å². The van der Waals surface area contributed by atoms with E-state index in [0.717, 1.165) is 6.26 Å². The topological polar surface area (TPSA) is 40.5 Å². The Labute approximate surface area is 88.0 Å². The number of carbonyl (C=O) groups is 1. The van der Waals surface area contributed by atoms with Crippen molar-refractivity contribution in [2.75, 3.05) is 6.54 Å². The highest BCUT2D eigenvalue weighted by Crippen LogP contribution is 2.19. The second-order valence-electron chi connectivity index (χ2n) is 3.33. The fraction of sp³-hybridized carbons (Fsp3) is 0.167. The van der Waals surface area contributed by atoms with E-state index in [0.29, 0.717) is 12.1 Å². The van der Waals surface area contributed by atoms with Gasteiger partial charge in [-0.3, -0.25) is 4.79 Å². The van der Waals surface area contributed by atoms with Gasteiger partial charge in [0.25, 0.3) is 0 Å². The van der Waals surface area contributed by atoms with Crippen molar-refractivity contribution in [2.24, 2.45) is 0 Å². The summed E-state index contributed by atoms with van der Waals surface area (Å²) in [4.78, 5) is 13.9. The Hall–Kier alpha value is -1.99. The first-order valence-electron chi connectivity index (χ1n) is 4.73. The zero-order valence-electron chi connectivity index (χ0n) is 8.13. The largest absolute Gasteiger partial charge is 0.507 e. The molecule has 2 aliphatic rings. The van der Waals surface area contributed by atoms with E-state index in [1.807, 2.05) is 35.4 Å². The van der Waals surface area contributed by atoms with Crippen LogP contribution in [0.5, 0.6) is 0 Å². The molecule has 0 saturated carbocycles. The third kappa shape index (κ3) is 1.78. The van der Waals surface area contributed by atoms with Crippen LogP contribution in [0.15, 0.2) is 54.1 Å². The van der Waals surface area contributed by atoms with Gasteiger partial charge in [-0.15, -0.1) is 0 Å². The van der Waals surface area contributed by atoms with Crippen molar-refractivity contribution >= 4 is 5.78 Å². The number of fused-ring (bicyclic) bond motifs is 1. The number of hydrogen-bond donors (Lipinski definition) is 1. The minimum absolute atomic E-state index is 0.0381. The Morgan fingerprint density at radius 2 is 2.40 bits per heavy atom. The van der Waals surface area contributed by atoms with E-state index in [9.17, 15) is 4.79 Å². The van der Waals surface area contributed by atoms with Gasteiger partial charge in [0.2, 0.25) is 0 Å². The van der Waals surface area contributed by atoms with Gasteiger partial charge in [-0.2, -0.15) is 0 Å². The molecule has 1 atom stereocenters. The third-order valence-corrected chi connectivity index (χ3v) is 2.43. The minimum Gasteiger partial charge on any atom is -0.507 e. The number of carbonyl (C=O) groups excluding carboxylic acids is 1. The van der Waals surface area contributed by atoms with Crippen molar-refractivity contribution in [1.82, 2.24) is 4.90 Å². The molecule has 2 rings (SSSR count). The third-order valence-electron chi connectivity index (χ3n) is 2.43. The molecule has 0 aliphatic carbocycles. The molecule has 0 amide bonds. The molecule has 1 N–H and O–H groups in total. The smallest absolute Gasteiger partial charge is 0.189 e. The molecule has 3 heteroatoms. The van der Waals surface area contributed by atoms with Gasteiger partial charge in [0.05, 0.1) is 0 Å². The lowest BCUT2D eigenvalue weighted by molar-refractivity contribution is -0.118. The lowest BCUT2D eigenvalue weighted by Crippen LogP contribution is -2.41. The van der Waals surface area contributed by atoms with Crippen molar-refractivity contribution in [3.63, 3.8) is 0 Å². The van der Waals surface area contributed by atoms with E-state index in [1.54, 1.807) is 0 Å². The van der Waals surface area contributed by atoms with Gasteiger partial charge in [-0.1, -0.05) is 24.0 Å². The quantitative estimate of drug-likeness (QED) is 0.516. The summed E-state index contributed by atoms with van der Waals surface area (Å²) >= 11 is 0. The molecule has 0 bridgehead atoms. The van der Waals surface area contributed by atoms with Crippen molar-refractivity contribution < 1.29 is 9.90 Å². The Morgan fingerprint density at radius 3 is 3.20 bits per heavy atom. The van der Waals surface area contributed by atoms with Gasteiger partial charge >= 0.3 is 0 Å². The van der Waals surface area contributed by atoms with Crippen LogP contribution in [-0.4, -0.2) is 28.4 Å². The number of allylic oxidation sites excluding steroid dienone is 3. The van der Waals surface area contributed by atoms with E-state index in [4.69, 9.17) is 5.11 Å². The van der Waals surface area contributed by atoms with E-state index in [2.05, 4.69) is 5.73 Å². The molecule has 0 aromatic rings. The summed E-state index contributed by atoms with van der Waals surface area (Å²) in [6.45, 7) is 0.705. The molecular weight excluding hydrogens is 190 g/mol. The summed E-state index contributed by atoms with van der Waals surface area (Å²) in [5.41, 5.74) is 3.10. The summed E-state index contributed by atoms with van der Waals surface area (Å²) in [5.74, 6) is 0.0381. The number of aliphatic hydroxyl groups excluding tert-OH is 1. The van der Waals surface area contributed by atoms with E-state index < -0.39 is 0 Å². The van der Waals surface area contributed by atoms with Crippen LogP contribution in [-0.2, 0) is 4.79 Å². The summed E-state index contributed by atoms with van der Waals surface area (Å²) in [6, 6.07) is -0.202. The molecule has 0 aromatic carbocycles. The predicted molar refractivity (Wildman–Crippen MR) is 57.1 cm³/mol. The predicted octanol–water partition coefficient (Wildman–Crippen LogP) is 1.48. The Kier molecular flexibility index (Phi) is 2.57. The molecule has 15 heavy (non-hydrogen) atoms. The first kappa shape index (κ1) is 9.56. The summed E-state index contributed by atoms with van der Waals surface area (Å²) in [5, 5.41) is 8.47.